The Morgan fingerprint density at radius 2 is 2.00 bits per heavy atom. The molecule has 2 rings (SSSR count). The molecule has 0 unspecified atom stereocenters. The van der Waals surface area contributed by atoms with Crippen LogP contribution in [-0.4, -0.2) is 24.7 Å². The number of hydrogen-bond donors (Lipinski definition) is 1. The fourth-order valence-electron chi connectivity index (χ4n) is 1.75. The highest BCUT2D eigenvalue weighted by Crippen LogP contribution is 2.12. The molecule has 5 nitrogen and oxygen atoms in total. The summed E-state index contributed by atoms with van der Waals surface area (Å²) in [5, 5.41) is 4.76. The van der Waals surface area contributed by atoms with Gasteiger partial charge in [0, 0.05) is 19.3 Å². The van der Waals surface area contributed by atoms with Crippen molar-refractivity contribution in [2.24, 2.45) is 0 Å². The Morgan fingerprint density at radius 3 is 2.57 bits per heavy atom. The van der Waals surface area contributed by atoms with Crippen molar-refractivity contribution in [1.82, 2.24) is 14.5 Å². The van der Waals surface area contributed by atoms with Crippen LogP contribution >= 0.6 is 11.6 Å². The minimum absolute atomic E-state index is 0.0434. The molecular weight excluding hydrogens is 317 g/mol. The molecule has 1 heterocycles. The quantitative estimate of drug-likeness (QED) is 0.826. The first-order chi connectivity index (χ1) is 9.88. The molecular formula is C13H15ClFN3O2S. The zero-order valence-electron chi connectivity index (χ0n) is 11.4. The molecule has 0 fully saturated rings. The van der Waals surface area contributed by atoms with E-state index in [4.69, 9.17) is 11.6 Å². The zero-order valence-corrected chi connectivity index (χ0v) is 13.0. The summed E-state index contributed by atoms with van der Waals surface area (Å²) in [5.41, 5.74) is 0.739. The van der Waals surface area contributed by atoms with Gasteiger partial charge in [0.2, 0.25) is 10.0 Å². The van der Waals surface area contributed by atoms with E-state index < -0.39 is 15.8 Å². The van der Waals surface area contributed by atoms with Crippen molar-refractivity contribution in [3.63, 3.8) is 0 Å². The molecule has 0 saturated heterocycles. The van der Waals surface area contributed by atoms with Gasteiger partial charge >= 0.3 is 0 Å². The lowest BCUT2D eigenvalue weighted by molar-refractivity contribution is 0.551. The van der Waals surface area contributed by atoms with E-state index >= 15 is 0 Å². The second kappa shape index (κ2) is 6.55. The Morgan fingerprint density at radius 1 is 1.33 bits per heavy atom. The molecule has 114 valence electrons. The van der Waals surface area contributed by atoms with Gasteiger partial charge < -0.3 is 0 Å². The molecule has 1 N–H and O–H groups in total. The van der Waals surface area contributed by atoms with Gasteiger partial charge in [-0.05, 0) is 37.6 Å². The van der Waals surface area contributed by atoms with Gasteiger partial charge in [0.05, 0.1) is 15.6 Å². The van der Waals surface area contributed by atoms with Crippen molar-refractivity contribution in [3.8, 4) is 0 Å². The van der Waals surface area contributed by atoms with Crippen molar-refractivity contribution < 1.29 is 12.8 Å². The maximum atomic E-state index is 12.8. The molecule has 0 aliphatic carbocycles. The van der Waals surface area contributed by atoms with E-state index in [-0.39, 0.29) is 11.4 Å². The molecule has 2 aromatic rings. The highest BCUT2D eigenvalue weighted by atomic mass is 35.5. The van der Waals surface area contributed by atoms with Crippen LogP contribution in [0, 0.1) is 12.7 Å². The standard InChI is InChI=1S/C13H15ClFN3O2S/c1-10-13(14)9-18(17-10)8-2-7-16-21(19,20)12-5-3-11(15)4-6-12/h3-6,9,16H,2,7-8H2,1H3. The smallest absolute Gasteiger partial charge is 0.240 e. The Labute approximate surface area is 127 Å². The molecule has 21 heavy (non-hydrogen) atoms. The van der Waals surface area contributed by atoms with E-state index in [0.717, 1.165) is 17.8 Å². The Bertz CT molecular complexity index is 694. The lowest BCUT2D eigenvalue weighted by Crippen LogP contribution is -2.25. The molecule has 0 atom stereocenters. The van der Waals surface area contributed by atoms with Crippen LogP contribution in [0.1, 0.15) is 12.1 Å². The van der Waals surface area contributed by atoms with Gasteiger partial charge in [0.1, 0.15) is 5.82 Å². The highest BCUT2D eigenvalue weighted by molar-refractivity contribution is 7.89. The topological polar surface area (TPSA) is 64.0 Å². The predicted octanol–water partition coefficient (Wildman–Crippen LogP) is 2.35. The van der Waals surface area contributed by atoms with Crippen LogP contribution in [0.15, 0.2) is 35.4 Å². The van der Waals surface area contributed by atoms with Crippen molar-refractivity contribution in [2.45, 2.75) is 24.8 Å². The minimum Gasteiger partial charge on any atom is -0.271 e. The second-order valence-electron chi connectivity index (χ2n) is 4.53. The lowest BCUT2D eigenvalue weighted by atomic mass is 10.4. The summed E-state index contributed by atoms with van der Waals surface area (Å²) < 4.78 is 40.8. The number of benzene rings is 1. The first kappa shape index (κ1) is 15.9. The number of sulfonamides is 1. The fraction of sp³-hybridized carbons (Fsp3) is 0.308. The van der Waals surface area contributed by atoms with Gasteiger partial charge in [-0.3, -0.25) is 4.68 Å². The van der Waals surface area contributed by atoms with E-state index in [0.29, 0.717) is 18.0 Å². The van der Waals surface area contributed by atoms with E-state index in [1.54, 1.807) is 17.8 Å². The molecule has 0 saturated carbocycles. The van der Waals surface area contributed by atoms with E-state index in [1.807, 2.05) is 0 Å². The largest absolute Gasteiger partial charge is 0.271 e. The molecule has 1 aromatic carbocycles. The molecule has 8 heteroatoms. The first-order valence-electron chi connectivity index (χ1n) is 6.33. The summed E-state index contributed by atoms with van der Waals surface area (Å²) in [7, 11) is -3.61. The molecule has 0 bridgehead atoms. The lowest BCUT2D eigenvalue weighted by Gasteiger charge is -2.06. The van der Waals surface area contributed by atoms with Gasteiger partial charge in [0.15, 0.2) is 0 Å². The summed E-state index contributed by atoms with van der Waals surface area (Å²) in [6.45, 7) is 2.62. The van der Waals surface area contributed by atoms with Crippen LogP contribution in [0.4, 0.5) is 4.39 Å². The predicted molar refractivity (Wildman–Crippen MR) is 78.2 cm³/mol. The molecule has 0 spiro atoms. The number of halogens is 2. The summed E-state index contributed by atoms with van der Waals surface area (Å²) >= 11 is 5.88. The highest BCUT2D eigenvalue weighted by Gasteiger charge is 2.13. The van der Waals surface area contributed by atoms with Crippen LogP contribution in [0.25, 0.3) is 0 Å². The minimum atomic E-state index is -3.61. The average molecular weight is 332 g/mol. The van der Waals surface area contributed by atoms with Crippen LogP contribution < -0.4 is 4.72 Å². The average Bonchev–Trinajstić information content (AvgIpc) is 2.74. The third-order valence-electron chi connectivity index (χ3n) is 2.87. The van der Waals surface area contributed by atoms with Crippen LogP contribution in [0.3, 0.4) is 0 Å². The monoisotopic (exact) mass is 331 g/mol. The first-order valence-corrected chi connectivity index (χ1v) is 8.19. The number of aryl methyl sites for hydroxylation is 2. The van der Waals surface area contributed by atoms with E-state index in [1.165, 1.54) is 12.1 Å². The summed E-state index contributed by atoms with van der Waals surface area (Å²) in [6, 6.07) is 4.69. The van der Waals surface area contributed by atoms with Gasteiger partial charge in [-0.25, -0.2) is 17.5 Å². The summed E-state index contributed by atoms with van der Waals surface area (Å²) in [4.78, 5) is 0.0434. The SMILES string of the molecule is Cc1nn(CCCNS(=O)(=O)c2ccc(F)cc2)cc1Cl. The van der Waals surface area contributed by atoms with Gasteiger partial charge in [-0.1, -0.05) is 11.6 Å². The van der Waals surface area contributed by atoms with Crippen molar-refractivity contribution in [3.05, 3.63) is 47.0 Å². The maximum absolute atomic E-state index is 12.8. The number of aromatic nitrogens is 2. The summed E-state index contributed by atoms with van der Waals surface area (Å²) in [6.07, 6.45) is 2.27. The Hall–Kier alpha value is -1.44. The third-order valence-corrected chi connectivity index (χ3v) is 4.71. The normalized spacial score (nSPS) is 11.8. The van der Waals surface area contributed by atoms with Crippen molar-refractivity contribution in [2.75, 3.05) is 6.54 Å². The number of rotatable bonds is 6. The Kier molecular flexibility index (Phi) is 4.97. The van der Waals surface area contributed by atoms with Crippen molar-refractivity contribution in [1.29, 1.82) is 0 Å². The fourth-order valence-corrected chi connectivity index (χ4v) is 2.98. The third kappa shape index (κ3) is 4.26. The number of nitrogens with one attached hydrogen (secondary N) is 1. The van der Waals surface area contributed by atoms with Gasteiger partial charge in [-0.2, -0.15) is 5.10 Å². The van der Waals surface area contributed by atoms with Crippen LogP contribution in [0.5, 0.6) is 0 Å². The molecule has 0 radical (unpaired) electrons. The molecule has 0 aliphatic heterocycles. The second-order valence-corrected chi connectivity index (χ2v) is 6.70. The number of hydrogen-bond acceptors (Lipinski definition) is 3. The van der Waals surface area contributed by atoms with Gasteiger partial charge in [-0.15, -0.1) is 0 Å². The van der Waals surface area contributed by atoms with Gasteiger partial charge in [0.25, 0.3) is 0 Å². The molecule has 0 amide bonds. The molecule has 0 aliphatic rings. The summed E-state index contributed by atoms with van der Waals surface area (Å²) in [5.74, 6) is -0.472. The van der Waals surface area contributed by atoms with Crippen molar-refractivity contribution >= 4 is 21.6 Å². The molecule has 1 aromatic heterocycles. The van der Waals surface area contributed by atoms with Crippen LogP contribution in [-0.2, 0) is 16.6 Å². The zero-order chi connectivity index (χ0) is 15.5. The van der Waals surface area contributed by atoms with Crippen LogP contribution in [0.2, 0.25) is 5.02 Å². The maximum Gasteiger partial charge on any atom is 0.240 e. The number of nitrogens with zero attached hydrogens (tertiary/aromatic N) is 2. The van der Waals surface area contributed by atoms with E-state index in [9.17, 15) is 12.8 Å². The van der Waals surface area contributed by atoms with E-state index in [2.05, 4.69) is 9.82 Å². The Balaban J connectivity index is 1.86.